The average molecular weight is 242 g/mol. The molecular weight excluding hydrogens is 230 g/mol. The van der Waals surface area contributed by atoms with E-state index in [-0.39, 0.29) is 23.4 Å². The van der Waals surface area contributed by atoms with Crippen molar-refractivity contribution in [2.45, 2.75) is 0 Å². The summed E-state index contributed by atoms with van der Waals surface area (Å²) in [5, 5.41) is 2.74. The molecule has 0 bridgehead atoms. The summed E-state index contributed by atoms with van der Waals surface area (Å²) in [6.07, 6.45) is 2.85. The molecule has 0 aromatic carbocycles. The van der Waals surface area contributed by atoms with Gasteiger partial charge in [-0.05, 0) is 6.07 Å². The lowest BCUT2D eigenvalue weighted by Gasteiger charge is -2.11. The van der Waals surface area contributed by atoms with Gasteiger partial charge in [0.1, 0.15) is 0 Å². The largest absolute Gasteiger partial charge is 0.347 e. The van der Waals surface area contributed by atoms with Crippen molar-refractivity contribution in [3.63, 3.8) is 0 Å². The van der Waals surface area contributed by atoms with E-state index >= 15 is 0 Å². The molecule has 86 valence electrons. The van der Waals surface area contributed by atoms with Crippen LogP contribution in [-0.4, -0.2) is 42.3 Å². The van der Waals surface area contributed by atoms with Gasteiger partial charge in [0.2, 0.25) is 5.91 Å². The van der Waals surface area contributed by atoms with Crippen LogP contribution in [0, 0.1) is 0 Å². The summed E-state index contributed by atoms with van der Waals surface area (Å²) in [6.45, 7) is -0.0511. The number of nitrogens with one attached hydrogen (secondary N) is 1. The first-order valence-corrected chi connectivity index (χ1v) is 4.98. The number of carbonyl (C=O) groups is 2. The van der Waals surface area contributed by atoms with Gasteiger partial charge in [0, 0.05) is 26.5 Å². The lowest BCUT2D eigenvalue weighted by Crippen LogP contribution is -2.36. The van der Waals surface area contributed by atoms with Crippen LogP contribution >= 0.6 is 11.6 Å². The molecule has 1 N–H and O–H groups in total. The summed E-state index contributed by atoms with van der Waals surface area (Å²) in [5.41, 5.74) is 0.309. The zero-order chi connectivity index (χ0) is 12.1. The Hall–Kier alpha value is -1.62. The van der Waals surface area contributed by atoms with Gasteiger partial charge in [0.15, 0.2) is 0 Å². The molecule has 0 radical (unpaired) electrons. The summed E-state index contributed by atoms with van der Waals surface area (Å²) in [6, 6.07) is 1.50. The van der Waals surface area contributed by atoms with E-state index in [1.54, 1.807) is 14.1 Å². The molecule has 1 aromatic heterocycles. The van der Waals surface area contributed by atoms with Crippen molar-refractivity contribution in [1.29, 1.82) is 0 Å². The number of aromatic nitrogens is 1. The van der Waals surface area contributed by atoms with Crippen LogP contribution in [0.3, 0.4) is 0 Å². The monoisotopic (exact) mass is 241 g/mol. The molecule has 0 aliphatic rings. The fourth-order valence-corrected chi connectivity index (χ4v) is 1.17. The number of carbonyl (C=O) groups excluding carboxylic acids is 2. The van der Waals surface area contributed by atoms with Gasteiger partial charge in [0.25, 0.3) is 5.91 Å². The lowest BCUT2D eigenvalue weighted by atomic mass is 10.2. The van der Waals surface area contributed by atoms with Gasteiger partial charge in [-0.25, -0.2) is 0 Å². The Bertz CT molecular complexity index is 407. The fourth-order valence-electron chi connectivity index (χ4n) is 0.969. The fraction of sp³-hybridized carbons (Fsp3) is 0.300. The van der Waals surface area contributed by atoms with Gasteiger partial charge in [-0.15, -0.1) is 0 Å². The second-order valence-electron chi connectivity index (χ2n) is 3.33. The van der Waals surface area contributed by atoms with Crippen LogP contribution in [0.1, 0.15) is 10.4 Å². The molecule has 0 unspecified atom stereocenters. The molecule has 0 saturated carbocycles. The Morgan fingerprint density at radius 2 is 2.19 bits per heavy atom. The summed E-state index contributed by atoms with van der Waals surface area (Å²) < 4.78 is 0. The number of rotatable bonds is 3. The molecule has 0 atom stereocenters. The molecule has 5 nitrogen and oxygen atoms in total. The predicted octanol–water partition coefficient (Wildman–Crippen LogP) is 0.553. The molecule has 16 heavy (non-hydrogen) atoms. The molecule has 0 aliphatic heterocycles. The van der Waals surface area contributed by atoms with Gasteiger partial charge >= 0.3 is 0 Å². The number of halogens is 1. The van der Waals surface area contributed by atoms with E-state index in [1.165, 1.54) is 23.4 Å². The number of likely N-dealkylation sites (N-methyl/N-ethyl adjacent to an activating group) is 1. The minimum Gasteiger partial charge on any atom is -0.347 e. The molecule has 0 saturated heterocycles. The highest BCUT2D eigenvalue weighted by Crippen LogP contribution is 2.12. The quantitative estimate of drug-likeness (QED) is 0.841. The van der Waals surface area contributed by atoms with Crippen LogP contribution in [0.2, 0.25) is 5.02 Å². The van der Waals surface area contributed by atoms with E-state index in [0.717, 1.165) is 0 Å². The maximum atomic E-state index is 11.6. The van der Waals surface area contributed by atoms with Crippen molar-refractivity contribution in [2.75, 3.05) is 20.6 Å². The zero-order valence-corrected chi connectivity index (χ0v) is 9.78. The number of amides is 2. The number of pyridine rings is 1. The average Bonchev–Trinajstić information content (AvgIpc) is 2.25. The van der Waals surface area contributed by atoms with E-state index in [9.17, 15) is 9.59 Å². The maximum absolute atomic E-state index is 11.6. The van der Waals surface area contributed by atoms with Crippen molar-refractivity contribution in [1.82, 2.24) is 15.2 Å². The molecule has 2 amide bonds. The first-order chi connectivity index (χ1) is 7.52. The van der Waals surface area contributed by atoms with Gasteiger partial charge in [0.05, 0.1) is 17.1 Å². The molecule has 1 heterocycles. The Morgan fingerprint density at radius 3 is 2.75 bits per heavy atom. The summed E-state index contributed by atoms with van der Waals surface area (Å²) in [4.78, 5) is 28.0. The van der Waals surface area contributed by atoms with Crippen molar-refractivity contribution >= 4 is 23.4 Å². The summed E-state index contributed by atoms with van der Waals surface area (Å²) in [7, 11) is 3.24. The van der Waals surface area contributed by atoms with Gasteiger partial charge in [-0.1, -0.05) is 11.6 Å². The third-order valence-corrected chi connectivity index (χ3v) is 2.22. The number of hydrogen-bond donors (Lipinski definition) is 1. The third kappa shape index (κ3) is 3.20. The first kappa shape index (κ1) is 12.4. The molecule has 0 aliphatic carbocycles. The SMILES string of the molecule is CN(C)C(=O)CNC(=O)c1ccncc1Cl. The minimum atomic E-state index is -0.386. The molecule has 0 spiro atoms. The molecular formula is C10H12ClN3O2. The van der Waals surface area contributed by atoms with Crippen LogP contribution in [0.15, 0.2) is 18.5 Å². The van der Waals surface area contributed by atoms with Crippen molar-refractivity contribution < 1.29 is 9.59 Å². The van der Waals surface area contributed by atoms with Gasteiger partial charge < -0.3 is 10.2 Å². The number of nitrogens with zero attached hydrogens (tertiary/aromatic N) is 2. The predicted molar refractivity (Wildman–Crippen MR) is 60.3 cm³/mol. The highest BCUT2D eigenvalue weighted by molar-refractivity contribution is 6.33. The third-order valence-electron chi connectivity index (χ3n) is 1.92. The van der Waals surface area contributed by atoms with Crippen molar-refractivity contribution in [3.8, 4) is 0 Å². The van der Waals surface area contributed by atoms with Crippen molar-refractivity contribution in [2.24, 2.45) is 0 Å². The standard InChI is InChI=1S/C10H12ClN3O2/c1-14(2)9(15)6-13-10(16)7-3-4-12-5-8(7)11/h3-5H,6H2,1-2H3,(H,13,16). The second-order valence-corrected chi connectivity index (χ2v) is 3.73. The topological polar surface area (TPSA) is 62.3 Å². The minimum absolute atomic E-state index is 0.0511. The van der Waals surface area contributed by atoms with Crippen LogP contribution in [-0.2, 0) is 4.79 Å². The second kappa shape index (κ2) is 5.46. The van der Waals surface area contributed by atoms with E-state index < -0.39 is 0 Å². The first-order valence-electron chi connectivity index (χ1n) is 4.60. The molecule has 1 aromatic rings. The highest BCUT2D eigenvalue weighted by atomic mass is 35.5. The smallest absolute Gasteiger partial charge is 0.253 e. The van der Waals surface area contributed by atoms with Gasteiger partial charge in [-0.2, -0.15) is 0 Å². The summed E-state index contributed by atoms with van der Waals surface area (Å²) >= 11 is 5.78. The maximum Gasteiger partial charge on any atom is 0.253 e. The van der Waals surface area contributed by atoms with Crippen molar-refractivity contribution in [3.05, 3.63) is 29.0 Å². The van der Waals surface area contributed by atoms with E-state index in [4.69, 9.17) is 11.6 Å². The number of hydrogen-bond acceptors (Lipinski definition) is 3. The van der Waals surface area contributed by atoms with Crippen LogP contribution in [0.25, 0.3) is 0 Å². The van der Waals surface area contributed by atoms with E-state index in [1.807, 2.05) is 0 Å². The highest BCUT2D eigenvalue weighted by Gasteiger charge is 2.11. The van der Waals surface area contributed by atoms with E-state index in [0.29, 0.717) is 5.56 Å². The van der Waals surface area contributed by atoms with E-state index in [2.05, 4.69) is 10.3 Å². The Morgan fingerprint density at radius 1 is 1.50 bits per heavy atom. The zero-order valence-electron chi connectivity index (χ0n) is 9.03. The van der Waals surface area contributed by atoms with Crippen LogP contribution in [0.5, 0.6) is 0 Å². The summed E-state index contributed by atoms with van der Waals surface area (Å²) in [5.74, 6) is -0.568. The normalized spacial score (nSPS) is 9.69. The molecule has 6 heteroatoms. The molecule has 0 fully saturated rings. The lowest BCUT2D eigenvalue weighted by molar-refractivity contribution is -0.127. The Kier molecular flexibility index (Phi) is 4.25. The van der Waals surface area contributed by atoms with Crippen LogP contribution < -0.4 is 5.32 Å². The Balaban J connectivity index is 2.60. The molecule has 1 rings (SSSR count). The van der Waals surface area contributed by atoms with Gasteiger partial charge in [-0.3, -0.25) is 14.6 Å². The van der Waals surface area contributed by atoms with Crippen LogP contribution in [0.4, 0.5) is 0 Å². The Labute approximate surface area is 98.4 Å².